The molecule has 0 saturated heterocycles. The van der Waals surface area contributed by atoms with Crippen LogP contribution in [0.25, 0.3) is 11.0 Å². The van der Waals surface area contributed by atoms with Crippen LogP contribution in [0.1, 0.15) is 49.5 Å². The quantitative estimate of drug-likeness (QED) is 0.794. The van der Waals surface area contributed by atoms with E-state index in [9.17, 15) is 0 Å². The molecule has 4 heteroatoms. The molecule has 0 aliphatic heterocycles. The van der Waals surface area contributed by atoms with Crippen LogP contribution in [0.15, 0.2) is 10.7 Å². The van der Waals surface area contributed by atoms with Gasteiger partial charge in [-0.05, 0) is 35.7 Å². The van der Waals surface area contributed by atoms with Crippen molar-refractivity contribution < 1.29 is 0 Å². The van der Waals surface area contributed by atoms with E-state index in [2.05, 4.69) is 31.7 Å². The largest absolute Gasteiger partial charge is 0.334 e. The molecule has 1 aliphatic carbocycles. The van der Waals surface area contributed by atoms with Gasteiger partial charge in [-0.1, -0.05) is 19.3 Å². The van der Waals surface area contributed by atoms with Crippen molar-refractivity contribution in [1.82, 2.24) is 14.5 Å². The van der Waals surface area contributed by atoms with E-state index in [1.54, 1.807) is 0 Å². The first-order valence-electron chi connectivity index (χ1n) is 6.66. The zero-order valence-corrected chi connectivity index (χ0v) is 12.5. The lowest BCUT2D eigenvalue weighted by Crippen LogP contribution is -2.09. The zero-order chi connectivity index (χ0) is 12.7. The monoisotopic (exact) mass is 307 g/mol. The number of aromatic nitrogens is 3. The summed E-state index contributed by atoms with van der Waals surface area (Å²) in [5.41, 5.74) is 2.31. The lowest BCUT2D eigenvalue weighted by molar-refractivity contribution is 0.438. The highest BCUT2D eigenvalue weighted by Crippen LogP contribution is 2.37. The van der Waals surface area contributed by atoms with Gasteiger partial charge in [0.1, 0.15) is 11.5 Å². The summed E-state index contributed by atoms with van der Waals surface area (Å²) in [6.07, 6.45) is 8.67. The van der Waals surface area contributed by atoms with Gasteiger partial charge in [-0.25, -0.2) is 9.97 Å². The maximum Gasteiger partial charge on any atom is 0.144 e. The normalized spacial score (nSPS) is 17.5. The first-order chi connectivity index (χ1) is 8.66. The molecule has 18 heavy (non-hydrogen) atoms. The van der Waals surface area contributed by atoms with Crippen LogP contribution in [-0.2, 0) is 7.05 Å². The summed E-state index contributed by atoms with van der Waals surface area (Å²) in [6.45, 7) is 1.99. The van der Waals surface area contributed by atoms with Gasteiger partial charge in [0, 0.05) is 23.6 Å². The molecular formula is C14H18BrN3. The van der Waals surface area contributed by atoms with E-state index < -0.39 is 0 Å². The summed E-state index contributed by atoms with van der Waals surface area (Å²) in [5.74, 6) is 1.50. The van der Waals surface area contributed by atoms with Crippen LogP contribution in [0.3, 0.4) is 0 Å². The van der Waals surface area contributed by atoms with Crippen LogP contribution >= 0.6 is 15.9 Å². The Labute approximate surface area is 116 Å². The summed E-state index contributed by atoms with van der Waals surface area (Å²) in [5, 5.41) is 1.22. The average molecular weight is 308 g/mol. The third-order valence-corrected chi connectivity index (χ3v) is 4.50. The Morgan fingerprint density at radius 3 is 2.67 bits per heavy atom. The number of hydrogen-bond donors (Lipinski definition) is 0. The fraction of sp³-hybridized carbons (Fsp3) is 0.571. The smallest absolute Gasteiger partial charge is 0.144 e. The van der Waals surface area contributed by atoms with E-state index in [1.165, 1.54) is 43.2 Å². The Morgan fingerprint density at radius 1 is 1.22 bits per heavy atom. The molecule has 0 aromatic carbocycles. The third-order valence-electron chi connectivity index (χ3n) is 3.90. The van der Waals surface area contributed by atoms with Crippen LogP contribution in [-0.4, -0.2) is 14.5 Å². The molecule has 0 atom stereocenters. The van der Waals surface area contributed by atoms with Crippen LogP contribution in [0.2, 0.25) is 0 Å². The molecule has 0 amide bonds. The molecule has 0 N–H and O–H groups in total. The Morgan fingerprint density at radius 2 is 1.94 bits per heavy atom. The molecule has 96 valence electrons. The first-order valence-corrected chi connectivity index (χ1v) is 7.45. The molecule has 2 aromatic heterocycles. The van der Waals surface area contributed by atoms with Crippen LogP contribution in [0.4, 0.5) is 0 Å². The second kappa shape index (κ2) is 4.65. The molecule has 2 heterocycles. The summed E-state index contributed by atoms with van der Waals surface area (Å²) < 4.78 is 3.21. The lowest BCUT2D eigenvalue weighted by Gasteiger charge is -2.22. The fourth-order valence-electron chi connectivity index (χ4n) is 3.03. The number of aryl methyl sites for hydroxylation is 2. The molecule has 1 fully saturated rings. The minimum atomic E-state index is 0.613. The van der Waals surface area contributed by atoms with E-state index in [0.29, 0.717) is 5.92 Å². The number of rotatable bonds is 1. The van der Waals surface area contributed by atoms with Crippen molar-refractivity contribution in [3.8, 4) is 0 Å². The van der Waals surface area contributed by atoms with Gasteiger partial charge in [-0.2, -0.15) is 0 Å². The van der Waals surface area contributed by atoms with E-state index in [-0.39, 0.29) is 0 Å². The van der Waals surface area contributed by atoms with E-state index in [1.807, 2.05) is 14.0 Å². The second-order valence-corrected chi connectivity index (χ2v) is 6.13. The van der Waals surface area contributed by atoms with Gasteiger partial charge >= 0.3 is 0 Å². The average Bonchev–Trinajstić information content (AvgIpc) is 2.65. The van der Waals surface area contributed by atoms with Crippen molar-refractivity contribution in [3.05, 3.63) is 22.2 Å². The second-order valence-electron chi connectivity index (χ2n) is 5.28. The van der Waals surface area contributed by atoms with Gasteiger partial charge in [-0.3, -0.25) is 0 Å². The SMILES string of the molecule is Cc1nc(C2CCCCC2)c2c(Br)cn(C)c2n1. The third kappa shape index (κ3) is 1.96. The molecule has 3 nitrogen and oxygen atoms in total. The van der Waals surface area contributed by atoms with Gasteiger partial charge in [0.05, 0.1) is 11.1 Å². The maximum atomic E-state index is 4.74. The summed E-state index contributed by atoms with van der Waals surface area (Å²) in [4.78, 5) is 9.32. The minimum Gasteiger partial charge on any atom is -0.334 e. The lowest BCUT2D eigenvalue weighted by atomic mass is 9.86. The van der Waals surface area contributed by atoms with Crippen molar-refractivity contribution in [2.45, 2.75) is 44.9 Å². The van der Waals surface area contributed by atoms with Gasteiger partial charge in [0.25, 0.3) is 0 Å². The molecular weight excluding hydrogens is 290 g/mol. The predicted octanol–water partition coefficient (Wildman–Crippen LogP) is 4.09. The van der Waals surface area contributed by atoms with Gasteiger partial charge in [0.15, 0.2) is 0 Å². The summed E-state index contributed by atoms with van der Waals surface area (Å²) in [7, 11) is 2.05. The van der Waals surface area contributed by atoms with Crippen molar-refractivity contribution in [2.24, 2.45) is 7.05 Å². The van der Waals surface area contributed by atoms with Crippen molar-refractivity contribution in [1.29, 1.82) is 0 Å². The van der Waals surface area contributed by atoms with Gasteiger partial charge < -0.3 is 4.57 Å². The molecule has 0 spiro atoms. The summed E-state index contributed by atoms with van der Waals surface area (Å²) >= 11 is 3.66. The Kier molecular flexibility index (Phi) is 3.14. The number of hydrogen-bond acceptors (Lipinski definition) is 2. The Hall–Kier alpha value is -0.900. The number of halogens is 1. The van der Waals surface area contributed by atoms with Crippen LogP contribution in [0.5, 0.6) is 0 Å². The topological polar surface area (TPSA) is 30.7 Å². The van der Waals surface area contributed by atoms with Crippen molar-refractivity contribution >= 4 is 27.0 Å². The van der Waals surface area contributed by atoms with Crippen LogP contribution in [0, 0.1) is 6.92 Å². The fourth-order valence-corrected chi connectivity index (χ4v) is 3.72. The molecule has 1 aliphatic rings. The molecule has 1 saturated carbocycles. The molecule has 0 unspecified atom stereocenters. The molecule has 0 radical (unpaired) electrons. The first kappa shape index (κ1) is 12.2. The van der Waals surface area contributed by atoms with Crippen molar-refractivity contribution in [2.75, 3.05) is 0 Å². The standard InChI is InChI=1S/C14H18BrN3/c1-9-16-13(10-6-4-3-5-7-10)12-11(15)8-18(2)14(12)17-9/h8,10H,3-7H2,1-2H3. The molecule has 2 aromatic rings. The van der Waals surface area contributed by atoms with Gasteiger partial charge in [-0.15, -0.1) is 0 Å². The zero-order valence-electron chi connectivity index (χ0n) is 10.9. The molecule has 0 bridgehead atoms. The highest BCUT2D eigenvalue weighted by atomic mass is 79.9. The number of fused-ring (bicyclic) bond motifs is 1. The highest BCUT2D eigenvalue weighted by Gasteiger charge is 2.22. The van der Waals surface area contributed by atoms with Crippen LogP contribution < -0.4 is 0 Å². The number of nitrogens with zero attached hydrogens (tertiary/aromatic N) is 3. The van der Waals surface area contributed by atoms with E-state index >= 15 is 0 Å². The highest BCUT2D eigenvalue weighted by molar-refractivity contribution is 9.10. The minimum absolute atomic E-state index is 0.613. The Balaban J connectivity index is 2.20. The van der Waals surface area contributed by atoms with Gasteiger partial charge in [0.2, 0.25) is 0 Å². The van der Waals surface area contributed by atoms with Crippen molar-refractivity contribution in [3.63, 3.8) is 0 Å². The predicted molar refractivity (Wildman–Crippen MR) is 76.8 cm³/mol. The van der Waals surface area contributed by atoms with E-state index in [0.717, 1.165) is 15.9 Å². The Bertz CT molecular complexity index is 582. The van der Waals surface area contributed by atoms with E-state index in [4.69, 9.17) is 4.98 Å². The summed E-state index contributed by atoms with van der Waals surface area (Å²) in [6, 6.07) is 0. The maximum absolute atomic E-state index is 4.74. The molecule has 3 rings (SSSR count).